The van der Waals surface area contributed by atoms with Crippen molar-refractivity contribution < 1.29 is 4.79 Å². The molecule has 2 amide bonds. The number of nitrogens with zero attached hydrogens (tertiary/aromatic N) is 4. The number of carbonyl (C=O) groups is 1. The van der Waals surface area contributed by atoms with Gasteiger partial charge < -0.3 is 10.2 Å². The van der Waals surface area contributed by atoms with Crippen molar-refractivity contribution in [2.45, 2.75) is 19.4 Å². The average Bonchev–Trinajstić information content (AvgIpc) is 3.00. The van der Waals surface area contributed by atoms with Crippen LogP contribution < -0.4 is 5.32 Å². The molecule has 22 heavy (non-hydrogen) atoms. The minimum atomic E-state index is -0.0782. The van der Waals surface area contributed by atoms with Gasteiger partial charge in [0.1, 0.15) is 12.7 Å². The maximum absolute atomic E-state index is 12.4. The topological polar surface area (TPSA) is 63.1 Å². The Morgan fingerprint density at radius 2 is 2.36 bits per heavy atom. The largest absolute Gasteiger partial charge is 0.324 e. The van der Waals surface area contributed by atoms with E-state index in [1.807, 2.05) is 21.7 Å². The summed E-state index contributed by atoms with van der Waals surface area (Å²) < 4.78 is 1.82. The molecule has 1 aromatic carbocycles. The number of halogens is 1. The second-order valence-electron chi connectivity index (χ2n) is 5.51. The van der Waals surface area contributed by atoms with Crippen LogP contribution in [0.1, 0.15) is 12.8 Å². The molecule has 2 heterocycles. The molecule has 1 N–H and O–H groups in total. The summed E-state index contributed by atoms with van der Waals surface area (Å²) in [6.07, 6.45) is 5.35. The number of carbonyl (C=O) groups excluding carboxylic acids is 1. The highest BCUT2D eigenvalue weighted by molar-refractivity contribution is 6.30. The molecule has 1 atom stereocenters. The SMILES string of the molecule is O=C(Nc1cccc(Cl)c1)N1CCCC(Cn2cncn2)C1. The summed E-state index contributed by atoms with van der Waals surface area (Å²) in [5.41, 5.74) is 0.718. The van der Waals surface area contributed by atoms with Gasteiger partial charge in [0.25, 0.3) is 0 Å². The molecule has 7 heteroatoms. The zero-order chi connectivity index (χ0) is 15.4. The van der Waals surface area contributed by atoms with Crippen LogP contribution in [-0.4, -0.2) is 38.8 Å². The molecule has 116 valence electrons. The second kappa shape index (κ2) is 6.79. The van der Waals surface area contributed by atoms with E-state index in [1.165, 1.54) is 6.33 Å². The number of aromatic nitrogens is 3. The lowest BCUT2D eigenvalue weighted by atomic mass is 9.98. The highest BCUT2D eigenvalue weighted by Crippen LogP contribution is 2.20. The monoisotopic (exact) mass is 319 g/mol. The van der Waals surface area contributed by atoms with E-state index in [0.29, 0.717) is 10.9 Å². The van der Waals surface area contributed by atoms with Gasteiger partial charge in [0.05, 0.1) is 0 Å². The van der Waals surface area contributed by atoms with E-state index in [1.54, 1.807) is 18.5 Å². The van der Waals surface area contributed by atoms with Crippen molar-refractivity contribution in [2.24, 2.45) is 5.92 Å². The van der Waals surface area contributed by atoms with E-state index >= 15 is 0 Å². The van der Waals surface area contributed by atoms with Crippen LogP contribution in [-0.2, 0) is 6.54 Å². The predicted octanol–water partition coefficient (Wildman–Crippen LogP) is 2.88. The highest BCUT2D eigenvalue weighted by atomic mass is 35.5. The number of piperidine rings is 1. The maximum Gasteiger partial charge on any atom is 0.321 e. The van der Waals surface area contributed by atoms with Gasteiger partial charge in [0.15, 0.2) is 0 Å². The molecule has 3 rings (SSSR count). The van der Waals surface area contributed by atoms with E-state index in [4.69, 9.17) is 11.6 Å². The van der Waals surface area contributed by atoms with Crippen LogP contribution in [0.2, 0.25) is 5.02 Å². The Kier molecular flexibility index (Phi) is 4.58. The molecule has 0 bridgehead atoms. The summed E-state index contributed by atoms with van der Waals surface area (Å²) in [5, 5.41) is 7.64. The van der Waals surface area contributed by atoms with Crippen LogP contribution in [0.4, 0.5) is 10.5 Å². The Bertz CT molecular complexity index is 631. The third kappa shape index (κ3) is 3.76. The number of likely N-dealkylation sites (tertiary alicyclic amines) is 1. The summed E-state index contributed by atoms with van der Waals surface area (Å²) >= 11 is 5.94. The zero-order valence-electron chi connectivity index (χ0n) is 12.2. The number of benzene rings is 1. The van der Waals surface area contributed by atoms with Crippen LogP contribution in [0.5, 0.6) is 0 Å². The Labute approximate surface area is 134 Å². The molecule has 0 radical (unpaired) electrons. The number of hydrogen-bond acceptors (Lipinski definition) is 3. The maximum atomic E-state index is 12.4. The van der Waals surface area contributed by atoms with Crippen molar-refractivity contribution in [3.8, 4) is 0 Å². The molecule has 2 aromatic rings. The first kappa shape index (κ1) is 14.8. The first-order valence-electron chi connectivity index (χ1n) is 7.34. The van der Waals surface area contributed by atoms with Gasteiger partial charge in [-0.15, -0.1) is 0 Å². The Morgan fingerprint density at radius 3 is 3.14 bits per heavy atom. The normalized spacial score (nSPS) is 18.2. The summed E-state index contributed by atoms with van der Waals surface area (Å²) in [4.78, 5) is 18.2. The van der Waals surface area contributed by atoms with Crippen molar-refractivity contribution in [3.63, 3.8) is 0 Å². The molecule has 0 aliphatic carbocycles. The van der Waals surface area contributed by atoms with Crippen molar-refractivity contribution in [1.29, 1.82) is 0 Å². The van der Waals surface area contributed by atoms with E-state index in [2.05, 4.69) is 15.4 Å². The van der Waals surface area contributed by atoms with Gasteiger partial charge in [-0.25, -0.2) is 9.78 Å². The highest BCUT2D eigenvalue weighted by Gasteiger charge is 2.24. The molecule has 1 aliphatic rings. The number of nitrogens with one attached hydrogen (secondary N) is 1. The smallest absolute Gasteiger partial charge is 0.321 e. The molecular weight excluding hydrogens is 302 g/mol. The van der Waals surface area contributed by atoms with Crippen molar-refractivity contribution in [1.82, 2.24) is 19.7 Å². The number of anilines is 1. The average molecular weight is 320 g/mol. The minimum Gasteiger partial charge on any atom is -0.324 e. The fourth-order valence-electron chi connectivity index (χ4n) is 2.76. The van der Waals surface area contributed by atoms with E-state index in [-0.39, 0.29) is 6.03 Å². The van der Waals surface area contributed by atoms with E-state index in [9.17, 15) is 4.79 Å². The zero-order valence-corrected chi connectivity index (χ0v) is 12.9. The molecule has 0 saturated carbocycles. The predicted molar refractivity (Wildman–Crippen MR) is 84.8 cm³/mol. The van der Waals surface area contributed by atoms with E-state index < -0.39 is 0 Å². The first-order valence-corrected chi connectivity index (χ1v) is 7.72. The Balaban J connectivity index is 1.58. The first-order chi connectivity index (χ1) is 10.7. The summed E-state index contributed by atoms with van der Waals surface area (Å²) in [6, 6.07) is 7.11. The molecule has 0 spiro atoms. The molecule has 1 fully saturated rings. The summed E-state index contributed by atoms with van der Waals surface area (Å²) in [5.74, 6) is 0.403. The quantitative estimate of drug-likeness (QED) is 0.946. The fourth-order valence-corrected chi connectivity index (χ4v) is 2.95. The number of urea groups is 1. The lowest BCUT2D eigenvalue weighted by Crippen LogP contribution is -2.43. The minimum absolute atomic E-state index is 0.0782. The van der Waals surface area contributed by atoms with Crippen molar-refractivity contribution in [3.05, 3.63) is 41.9 Å². The third-order valence-electron chi connectivity index (χ3n) is 3.79. The second-order valence-corrected chi connectivity index (χ2v) is 5.95. The van der Waals surface area contributed by atoms with Crippen molar-refractivity contribution in [2.75, 3.05) is 18.4 Å². The summed E-state index contributed by atoms with van der Waals surface area (Å²) in [7, 11) is 0. The van der Waals surface area contributed by atoms with Gasteiger partial charge in [0.2, 0.25) is 0 Å². The lowest BCUT2D eigenvalue weighted by molar-refractivity contribution is 0.168. The Morgan fingerprint density at radius 1 is 1.45 bits per heavy atom. The van der Waals surface area contributed by atoms with Crippen LogP contribution in [0.3, 0.4) is 0 Å². The molecule has 1 saturated heterocycles. The van der Waals surface area contributed by atoms with E-state index in [0.717, 1.165) is 38.2 Å². The Hall–Kier alpha value is -2.08. The number of hydrogen-bond donors (Lipinski definition) is 1. The van der Waals surface area contributed by atoms with Gasteiger partial charge in [-0.3, -0.25) is 4.68 Å². The van der Waals surface area contributed by atoms with Crippen LogP contribution in [0.15, 0.2) is 36.9 Å². The molecule has 1 unspecified atom stereocenters. The van der Waals surface area contributed by atoms with Gasteiger partial charge >= 0.3 is 6.03 Å². The molecule has 1 aromatic heterocycles. The number of rotatable bonds is 3. The fraction of sp³-hybridized carbons (Fsp3) is 0.400. The summed E-state index contributed by atoms with van der Waals surface area (Å²) in [6.45, 7) is 2.30. The van der Waals surface area contributed by atoms with Gasteiger partial charge in [-0.1, -0.05) is 17.7 Å². The van der Waals surface area contributed by atoms with Gasteiger partial charge in [-0.05, 0) is 37.0 Å². The van der Waals surface area contributed by atoms with Crippen molar-refractivity contribution >= 4 is 23.3 Å². The third-order valence-corrected chi connectivity index (χ3v) is 4.03. The van der Waals surface area contributed by atoms with Crippen LogP contribution in [0.25, 0.3) is 0 Å². The van der Waals surface area contributed by atoms with Gasteiger partial charge in [-0.2, -0.15) is 5.10 Å². The molecular formula is C15H18ClN5O. The van der Waals surface area contributed by atoms with Crippen LogP contribution >= 0.6 is 11.6 Å². The van der Waals surface area contributed by atoms with Crippen LogP contribution in [0, 0.1) is 5.92 Å². The number of amides is 2. The molecule has 1 aliphatic heterocycles. The van der Waals surface area contributed by atoms with Gasteiger partial charge in [0, 0.05) is 30.3 Å². The lowest BCUT2D eigenvalue weighted by Gasteiger charge is -2.32. The molecule has 6 nitrogen and oxygen atoms in total. The standard InChI is InChI=1S/C15H18ClN5O/c16-13-4-1-5-14(7-13)19-15(22)20-6-2-3-12(8-20)9-21-11-17-10-18-21/h1,4-5,7,10-12H,2-3,6,8-9H2,(H,19,22).